The van der Waals surface area contributed by atoms with Gasteiger partial charge in [-0.25, -0.2) is 0 Å². The van der Waals surface area contributed by atoms with E-state index in [1.807, 2.05) is 55.5 Å². The first kappa shape index (κ1) is 22.3. The molecule has 2 aromatic carbocycles. The molecular formula is C25H22ClN3O2S2. The number of carbonyl (C=O) groups excluding carboxylic acids is 2. The van der Waals surface area contributed by atoms with Crippen LogP contribution in [-0.4, -0.2) is 21.9 Å². The van der Waals surface area contributed by atoms with E-state index in [1.165, 1.54) is 11.3 Å². The Bertz CT molecular complexity index is 1250. The highest BCUT2D eigenvalue weighted by atomic mass is 35.5. The van der Waals surface area contributed by atoms with Gasteiger partial charge in [0.25, 0.3) is 0 Å². The number of amides is 1. The molecule has 0 radical (unpaired) electrons. The molecule has 1 aromatic heterocycles. The summed E-state index contributed by atoms with van der Waals surface area (Å²) in [7, 11) is 0. The Morgan fingerprint density at radius 3 is 2.67 bits per heavy atom. The second-order valence-corrected chi connectivity index (χ2v) is 10.8. The molecule has 1 atom stereocenters. The monoisotopic (exact) mass is 495 g/mol. The van der Waals surface area contributed by atoms with Crippen LogP contribution < -0.4 is 4.90 Å². The minimum absolute atomic E-state index is 0.0344. The van der Waals surface area contributed by atoms with Gasteiger partial charge in [0.1, 0.15) is 0 Å². The Balaban J connectivity index is 1.45. The number of allylic oxidation sites excluding steroid dienone is 2. The van der Waals surface area contributed by atoms with Crippen molar-refractivity contribution in [3.63, 3.8) is 0 Å². The highest BCUT2D eigenvalue weighted by molar-refractivity contribution is 8.00. The predicted molar refractivity (Wildman–Crippen MR) is 133 cm³/mol. The first-order valence-corrected chi connectivity index (χ1v) is 13.0. The molecule has 5 nitrogen and oxygen atoms in total. The van der Waals surface area contributed by atoms with Gasteiger partial charge in [-0.3, -0.25) is 14.5 Å². The fourth-order valence-electron chi connectivity index (χ4n) is 4.40. The Morgan fingerprint density at radius 2 is 1.88 bits per heavy atom. The van der Waals surface area contributed by atoms with E-state index in [1.54, 1.807) is 16.7 Å². The molecule has 0 unspecified atom stereocenters. The van der Waals surface area contributed by atoms with Crippen molar-refractivity contribution in [2.75, 3.05) is 4.90 Å². The van der Waals surface area contributed by atoms with Crippen LogP contribution in [0.1, 0.15) is 48.3 Å². The zero-order chi connectivity index (χ0) is 22.9. The molecule has 0 fully saturated rings. The Labute approximate surface area is 205 Å². The molecule has 0 N–H and O–H groups in total. The van der Waals surface area contributed by atoms with E-state index in [4.69, 9.17) is 11.6 Å². The number of halogens is 1. The first-order valence-electron chi connectivity index (χ1n) is 10.9. The molecule has 3 aromatic rings. The molecule has 33 heavy (non-hydrogen) atoms. The number of carbonyl (C=O) groups is 2. The van der Waals surface area contributed by atoms with Crippen LogP contribution in [-0.2, 0) is 15.3 Å². The minimum atomic E-state index is -0.195. The number of aryl methyl sites for hydroxylation is 1. The molecule has 168 valence electrons. The van der Waals surface area contributed by atoms with E-state index in [-0.39, 0.29) is 24.0 Å². The average molecular weight is 496 g/mol. The van der Waals surface area contributed by atoms with Crippen LogP contribution in [0.4, 0.5) is 5.13 Å². The third-order valence-electron chi connectivity index (χ3n) is 6.05. The molecule has 0 saturated carbocycles. The van der Waals surface area contributed by atoms with E-state index in [2.05, 4.69) is 10.2 Å². The van der Waals surface area contributed by atoms with E-state index in [0.717, 1.165) is 43.7 Å². The fourth-order valence-corrected chi connectivity index (χ4v) is 6.57. The van der Waals surface area contributed by atoms with E-state index in [9.17, 15) is 9.59 Å². The second-order valence-electron chi connectivity index (χ2n) is 8.26. The number of anilines is 1. The van der Waals surface area contributed by atoms with Gasteiger partial charge in [0.15, 0.2) is 10.1 Å². The van der Waals surface area contributed by atoms with Crippen LogP contribution >= 0.6 is 34.7 Å². The minimum Gasteiger partial charge on any atom is -0.294 e. The first-order chi connectivity index (χ1) is 16.0. The second kappa shape index (κ2) is 9.41. The van der Waals surface area contributed by atoms with Crippen molar-refractivity contribution in [2.45, 2.75) is 48.6 Å². The van der Waals surface area contributed by atoms with Gasteiger partial charge in [0.05, 0.1) is 0 Å². The van der Waals surface area contributed by atoms with Gasteiger partial charge in [-0.15, -0.1) is 10.2 Å². The van der Waals surface area contributed by atoms with Crippen molar-refractivity contribution in [3.8, 4) is 0 Å². The van der Waals surface area contributed by atoms with Gasteiger partial charge >= 0.3 is 0 Å². The molecule has 2 heterocycles. The summed E-state index contributed by atoms with van der Waals surface area (Å²) < 4.78 is 0.766. The lowest BCUT2D eigenvalue weighted by Gasteiger charge is -2.36. The lowest BCUT2D eigenvalue weighted by atomic mass is 9.77. The van der Waals surface area contributed by atoms with Gasteiger partial charge in [0.2, 0.25) is 11.0 Å². The largest absolute Gasteiger partial charge is 0.294 e. The number of aromatic nitrogens is 2. The van der Waals surface area contributed by atoms with Gasteiger partial charge < -0.3 is 0 Å². The fraction of sp³-hybridized carbons (Fsp3) is 0.280. The quantitative estimate of drug-likeness (QED) is 0.306. The number of benzene rings is 2. The van der Waals surface area contributed by atoms with Crippen molar-refractivity contribution in [1.82, 2.24) is 10.2 Å². The van der Waals surface area contributed by atoms with Crippen molar-refractivity contribution >= 4 is 51.5 Å². The van der Waals surface area contributed by atoms with Crippen LogP contribution in [0.15, 0.2) is 64.1 Å². The molecule has 0 bridgehead atoms. The maximum Gasteiger partial charge on any atom is 0.234 e. The Morgan fingerprint density at radius 1 is 1.09 bits per heavy atom. The summed E-state index contributed by atoms with van der Waals surface area (Å²) in [6, 6.07) is 15.9. The van der Waals surface area contributed by atoms with Gasteiger partial charge in [-0.2, -0.15) is 0 Å². The Hall–Kier alpha value is -2.48. The van der Waals surface area contributed by atoms with Crippen molar-refractivity contribution < 1.29 is 9.59 Å². The number of hydrogen-bond acceptors (Lipinski definition) is 6. The van der Waals surface area contributed by atoms with Gasteiger partial charge in [0, 0.05) is 40.8 Å². The van der Waals surface area contributed by atoms with E-state index < -0.39 is 0 Å². The topological polar surface area (TPSA) is 63.2 Å². The van der Waals surface area contributed by atoms with Crippen molar-refractivity contribution in [2.24, 2.45) is 0 Å². The summed E-state index contributed by atoms with van der Waals surface area (Å²) in [6.07, 6.45) is 2.22. The predicted octanol–water partition coefficient (Wildman–Crippen LogP) is 6.32. The third-order valence-corrected chi connectivity index (χ3v) is 8.51. The SMILES string of the molecule is Cc1ccc([C@@H]2CC(=O)N(c3nnc(SCc4ccccc4Cl)s3)C3=C2C(=O)CCC3)cc1. The Kier molecular flexibility index (Phi) is 6.36. The van der Waals surface area contributed by atoms with E-state index in [0.29, 0.717) is 23.7 Å². The van der Waals surface area contributed by atoms with Crippen LogP contribution in [0.25, 0.3) is 0 Å². The van der Waals surface area contributed by atoms with Crippen LogP contribution in [0.3, 0.4) is 0 Å². The van der Waals surface area contributed by atoms with Crippen LogP contribution in [0.5, 0.6) is 0 Å². The van der Waals surface area contributed by atoms with Crippen molar-refractivity contribution in [1.29, 1.82) is 0 Å². The molecule has 1 aliphatic carbocycles. The molecule has 2 aliphatic rings. The lowest BCUT2D eigenvalue weighted by molar-refractivity contribution is -0.119. The number of nitrogens with zero attached hydrogens (tertiary/aromatic N) is 3. The number of hydrogen-bond donors (Lipinski definition) is 0. The molecule has 1 aliphatic heterocycles. The van der Waals surface area contributed by atoms with E-state index >= 15 is 0 Å². The molecule has 1 amide bonds. The summed E-state index contributed by atoms with van der Waals surface area (Å²) in [5.74, 6) is 0.577. The summed E-state index contributed by atoms with van der Waals surface area (Å²) >= 11 is 9.19. The lowest BCUT2D eigenvalue weighted by Crippen LogP contribution is -2.40. The zero-order valence-corrected chi connectivity index (χ0v) is 20.5. The number of Topliss-reactive ketones (excluding diaryl/α,β-unsaturated/α-hetero) is 1. The molecule has 0 saturated heterocycles. The zero-order valence-electron chi connectivity index (χ0n) is 18.1. The molecule has 8 heteroatoms. The third kappa shape index (κ3) is 4.50. The van der Waals surface area contributed by atoms with Crippen LogP contribution in [0.2, 0.25) is 5.02 Å². The number of rotatable bonds is 5. The smallest absolute Gasteiger partial charge is 0.234 e. The number of thioether (sulfide) groups is 1. The van der Waals surface area contributed by atoms with Crippen molar-refractivity contribution in [3.05, 3.63) is 81.5 Å². The van der Waals surface area contributed by atoms with Gasteiger partial charge in [-0.1, -0.05) is 82.7 Å². The summed E-state index contributed by atoms with van der Waals surface area (Å²) in [6.45, 7) is 2.03. The van der Waals surface area contributed by atoms with Gasteiger partial charge in [-0.05, 0) is 37.0 Å². The maximum atomic E-state index is 13.3. The molecule has 5 rings (SSSR count). The molecular weight excluding hydrogens is 474 g/mol. The average Bonchev–Trinajstić information content (AvgIpc) is 3.27. The summed E-state index contributed by atoms with van der Waals surface area (Å²) in [4.78, 5) is 28.0. The summed E-state index contributed by atoms with van der Waals surface area (Å²) in [5.41, 5.74) is 4.77. The normalized spacial score (nSPS) is 18.6. The molecule has 0 spiro atoms. The number of ketones is 1. The standard InChI is InChI=1S/C25H22ClN3O2S2/c1-15-9-11-16(12-10-15)18-13-22(31)29(20-7-4-8-21(30)23(18)20)24-27-28-25(33-24)32-14-17-5-2-3-6-19(17)26/h2-3,5-6,9-12,18H,4,7-8,13-14H2,1H3/t18-/m0/s1. The summed E-state index contributed by atoms with van der Waals surface area (Å²) in [5, 5.41) is 9.88. The highest BCUT2D eigenvalue weighted by Crippen LogP contribution is 2.44. The maximum absolute atomic E-state index is 13.3. The highest BCUT2D eigenvalue weighted by Gasteiger charge is 2.40. The van der Waals surface area contributed by atoms with Crippen LogP contribution in [0, 0.1) is 6.92 Å².